The Hall–Kier alpha value is -2.23. The number of rotatable bonds is 5. The minimum absolute atomic E-state index is 0.146. The molecule has 1 heterocycles. The lowest BCUT2D eigenvalue weighted by Crippen LogP contribution is -2.35. The van der Waals surface area contributed by atoms with Crippen LogP contribution in [0, 0.1) is 13.8 Å². The minimum Gasteiger partial charge on any atom is -0.481 e. The van der Waals surface area contributed by atoms with E-state index in [1.54, 1.807) is 6.92 Å². The van der Waals surface area contributed by atoms with Crippen molar-refractivity contribution in [2.24, 2.45) is 0 Å². The van der Waals surface area contributed by atoms with Crippen LogP contribution >= 0.6 is 0 Å². The zero-order valence-corrected chi connectivity index (χ0v) is 12.0. The first-order chi connectivity index (χ1) is 9.56. The predicted molar refractivity (Wildman–Crippen MR) is 76.6 cm³/mol. The van der Waals surface area contributed by atoms with Crippen LogP contribution in [0.4, 0.5) is 0 Å². The lowest BCUT2D eigenvalue weighted by molar-refractivity contribution is -0.127. The summed E-state index contributed by atoms with van der Waals surface area (Å²) in [4.78, 5) is 12.0. The van der Waals surface area contributed by atoms with Crippen molar-refractivity contribution >= 4 is 5.91 Å². The first kappa shape index (κ1) is 14.2. The number of hydrogen-bond donors (Lipinski definition) is 1. The number of aryl methyl sites for hydroxylation is 2. The Morgan fingerprint density at radius 1 is 1.30 bits per heavy atom. The average Bonchev–Trinajstić information content (AvgIpc) is 2.75. The monoisotopic (exact) mass is 273 g/mol. The van der Waals surface area contributed by atoms with E-state index in [4.69, 9.17) is 9.15 Å². The number of carbonyl (C=O) groups is 1. The number of hydrogen-bond acceptors (Lipinski definition) is 3. The van der Waals surface area contributed by atoms with Gasteiger partial charge in [0.25, 0.3) is 5.91 Å². The van der Waals surface area contributed by atoms with Gasteiger partial charge >= 0.3 is 0 Å². The molecule has 1 atom stereocenters. The number of para-hydroxylation sites is 1. The standard InChI is InChI=1S/C16H19NO3/c1-11-9-14(12(2)19-11)10-17-16(18)13(3)20-15-7-5-4-6-8-15/h4-9,13H,10H2,1-3H3,(H,17,18)/t13-/m1/s1. The van der Waals surface area contributed by atoms with Crippen LogP contribution in [0.1, 0.15) is 24.0 Å². The summed E-state index contributed by atoms with van der Waals surface area (Å²) < 4.78 is 11.0. The van der Waals surface area contributed by atoms with E-state index in [1.165, 1.54) is 0 Å². The van der Waals surface area contributed by atoms with Crippen molar-refractivity contribution in [3.05, 3.63) is 53.5 Å². The summed E-state index contributed by atoms with van der Waals surface area (Å²) in [5.74, 6) is 2.22. The van der Waals surface area contributed by atoms with E-state index in [1.807, 2.05) is 50.2 Å². The Morgan fingerprint density at radius 2 is 2.00 bits per heavy atom. The average molecular weight is 273 g/mol. The second-order valence-electron chi connectivity index (χ2n) is 4.73. The Balaban J connectivity index is 1.87. The summed E-state index contributed by atoms with van der Waals surface area (Å²) >= 11 is 0. The quantitative estimate of drug-likeness (QED) is 0.911. The van der Waals surface area contributed by atoms with E-state index in [9.17, 15) is 4.79 Å². The van der Waals surface area contributed by atoms with Crippen molar-refractivity contribution < 1.29 is 13.9 Å². The van der Waals surface area contributed by atoms with Gasteiger partial charge in [0, 0.05) is 12.1 Å². The van der Waals surface area contributed by atoms with Gasteiger partial charge in [-0.3, -0.25) is 4.79 Å². The van der Waals surface area contributed by atoms with Crippen LogP contribution in [0.5, 0.6) is 5.75 Å². The van der Waals surface area contributed by atoms with Gasteiger partial charge in [0.2, 0.25) is 0 Å². The summed E-state index contributed by atoms with van der Waals surface area (Å²) in [7, 11) is 0. The molecule has 0 fully saturated rings. The third-order valence-electron chi connectivity index (χ3n) is 3.02. The molecule has 0 saturated heterocycles. The smallest absolute Gasteiger partial charge is 0.261 e. The van der Waals surface area contributed by atoms with Crippen molar-refractivity contribution in [2.75, 3.05) is 0 Å². The van der Waals surface area contributed by atoms with E-state index >= 15 is 0 Å². The second-order valence-corrected chi connectivity index (χ2v) is 4.73. The fourth-order valence-corrected chi connectivity index (χ4v) is 1.94. The van der Waals surface area contributed by atoms with E-state index < -0.39 is 6.10 Å². The van der Waals surface area contributed by atoms with E-state index in [2.05, 4.69) is 5.32 Å². The highest BCUT2D eigenvalue weighted by Gasteiger charge is 2.15. The maximum atomic E-state index is 12.0. The maximum absolute atomic E-state index is 12.0. The van der Waals surface area contributed by atoms with Crippen molar-refractivity contribution in [3.63, 3.8) is 0 Å². The van der Waals surface area contributed by atoms with Gasteiger partial charge in [0.05, 0.1) is 0 Å². The summed E-state index contributed by atoms with van der Waals surface area (Å²) in [6, 6.07) is 11.2. The summed E-state index contributed by atoms with van der Waals surface area (Å²) in [6.07, 6.45) is -0.536. The molecule has 0 saturated carbocycles. The molecule has 106 valence electrons. The highest BCUT2D eigenvalue weighted by molar-refractivity contribution is 5.80. The number of amides is 1. The molecule has 1 amide bonds. The van der Waals surface area contributed by atoms with Gasteiger partial charge in [-0.25, -0.2) is 0 Å². The largest absolute Gasteiger partial charge is 0.481 e. The topological polar surface area (TPSA) is 51.5 Å². The molecule has 0 bridgehead atoms. The SMILES string of the molecule is Cc1cc(CNC(=O)[C@@H](C)Oc2ccccc2)c(C)o1. The number of carbonyl (C=O) groups excluding carboxylic acids is 1. The van der Waals surface area contributed by atoms with Gasteiger partial charge in [-0.05, 0) is 39.0 Å². The Kier molecular flexibility index (Phi) is 4.45. The number of nitrogens with one attached hydrogen (secondary N) is 1. The second kappa shape index (κ2) is 6.28. The number of furan rings is 1. The van der Waals surface area contributed by atoms with Crippen molar-refractivity contribution in [1.29, 1.82) is 0 Å². The highest BCUT2D eigenvalue weighted by Crippen LogP contribution is 2.14. The molecule has 0 aliphatic carbocycles. The molecule has 0 spiro atoms. The molecule has 0 aliphatic rings. The van der Waals surface area contributed by atoms with Gasteiger partial charge in [0.1, 0.15) is 17.3 Å². The lowest BCUT2D eigenvalue weighted by Gasteiger charge is -2.14. The molecule has 4 nitrogen and oxygen atoms in total. The van der Waals surface area contributed by atoms with E-state index in [-0.39, 0.29) is 5.91 Å². The zero-order chi connectivity index (χ0) is 14.5. The van der Waals surface area contributed by atoms with Crippen molar-refractivity contribution in [2.45, 2.75) is 33.4 Å². The molecule has 0 unspecified atom stereocenters. The molecular formula is C16H19NO3. The molecule has 0 aliphatic heterocycles. The molecule has 0 radical (unpaired) electrons. The molecule has 1 aromatic heterocycles. The lowest BCUT2D eigenvalue weighted by atomic mass is 10.2. The first-order valence-electron chi connectivity index (χ1n) is 6.61. The summed E-state index contributed by atoms with van der Waals surface area (Å²) in [5.41, 5.74) is 0.989. The van der Waals surface area contributed by atoms with Gasteiger partial charge in [-0.15, -0.1) is 0 Å². The third-order valence-corrected chi connectivity index (χ3v) is 3.02. The zero-order valence-electron chi connectivity index (χ0n) is 12.0. The van der Waals surface area contributed by atoms with Crippen LogP contribution in [0.3, 0.4) is 0 Å². The Bertz CT molecular complexity index is 575. The molecular weight excluding hydrogens is 254 g/mol. The van der Waals surface area contributed by atoms with Crippen LogP contribution < -0.4 is 10.1 Å². The van der Waals surface area contributed by atoms with Crippen LogP contribution in [0.25, 0.3) is 0 Å². The van der Waals surface area contributed by atoms with Gasteiger partial charge in [0.15, 0.2) is 6.10 Å². The third kappa shape index (κ3) is 3.63. The normalized spacial score (nSPS) is 11.9. The molecule has 1 aromatic carbocycles. The van der Waals surface area contributed by atoms with Gasteiger partial charge in [-0.1, -0.05) is 18.2 Å². The van der Waals surface area contributed by atoms with E-state index in [0.717, 1.165) is 17.1 Å². The summed E-state index contributed by atoms with van der Waals surface area (Å²) in [6.45, 7) is 5.96. The molecule has 4 heteroatoms. The Morgan fingerprint density at radius 3 is 2.60 bits per heavy atom. The number of ether oxygens (including phenoxy) is 1. The fourth-order valence-electron chi connectivity index (χ4n) is 1.94. The van der Waals surface area contributed by atoms with Gasteiger partial charge < -0.3 is 14.5 Å². The van der Waals surface area contributed by atoms with Gasteiger partial charge in [-0.2, -0.15) is 0 Å². The van der Waals surface area contributed by atoms with Crippen molar-refractivity contribution in [1.82, 2.24) is 5.32 Å². The summed E-state index contributed by atoms with van der Waals surface area (Å²) in [5, 5.41) is 2.85. The predicted octanol–water partition coefficient (Wildman–Crippen LogP) is 2.98. The van der Waals surface area contributed by atoms with E-state index in [0.29, 0.717) is 12.3 Å². The molecule has 20 heavy (non-hydrogen) atoms. The fraction of sp³-hybridized carbons (Fsp3) is 0.312. The minimum atomic E-state index is -0.536. The number of benzene rings is 1. The van der Waals surface area contributed by atoms with Crippen LogP contribution in [-0.2, 0) is 11.3 Å². The van der Waals surface area contributed by atoms with Crippen LogP contribution in [0.2, 0.25) is 0 Å². The highest BCUT2D eigenvalue weighted by atomic mass is 16.5. The first-order valence-corrected chi connectivity index (χ1v) is 6.61. The van der Waals surface area contributed by atoms with Crippen LogP contribution in [0.15, 0.2) is 40.8 Å². The Labute approximate surface area is 118 Å². The molecule has 1 N–H and O–H groups in total. The molecule has 2 rings (SSSR count). The van der Waals surface area contributed by atoms with Crippen molar-refractivity contribution in [3.8, 4) is 5.75 Å². The maximum Gasteiger partial charge on any atom is 0.261 e. The van der Waals surface area contributed by atoms with Crippen LogP contribution in [-0.4, -0.2) is 12.0 Å². The molecule has 2 aromatic rings.